The van der Waals surface area contributed by atoms with Crippen LogP contribution in [0.2, 0.25) is 5.02 Å². The summed E-state index contributed by atoms with van der Waals surface area (Å²) >= 11 is 5.81. The molecule has 2 aromatic carbocycles. The van der Waals surface area contributed by atoms with Gasteiger partial charge < -0.3 is 0 Å². The number of fused-ring (bicyclic) bond motifs is 1. The van der Waals surface area contributed by atoms with Gasteiger partial charge >= 0.3 is 0 Å². The summed E-state index contributed by atoms with van der Waals surface area (Å²) in [6.45, 7) is 6.40. The zero-order valence-electron chi connectivity index (χ0n) is 19.4. The molecule has 0 N–H and O–H groups in total. The number of aryl methyl sites for hydroxylation is 2. The van der Waals surface area contributed by atoms with Crippen LogP contribution in [0.15, 0.2) is 59.6 Å². The molecule has 182 valence electrons. The van der Waals surface area contributed by atoms with Crippen LogP contribution in [0.4, 0.5) is 4.39 Å². The summed E-state index contributed by atoms with van der Waals surface area (Å²) in [4.78, 5) is 11.6. The van der Waals surface area contributed by atoms with E-state index in [2.05, 4.69) is 46.5 Å². The molecule has 0 atom stereocenters. The highest BCUT2D eigenvalue weighted by atomic mass is 35.5. The van der Waals surface area contributed by atoms with Gasteiger partial charge in [-0.05, 0) is 67.4 Å². The number of benzene rings is 2. The molecule has 0 unspecified atom stereocenters. The zero-order chi connectivity index (χ0) is 24.7. The molecule has 3 heterocycles. The number of nitrogens with zero attached hydrogens (tertiary/aromatic N) is 5. The summed E-state index contributed by atoms with van der Waals surface area (Å²) in [7, 11) is -3.75. The molecular formula is C25H25ClFN5O2S. The Morgan fingerprint density at radius 1 is 1.00 bits per heavy atom. The Kier molecular flexibility index (Phi) is 6.35. The predicted octanol–water partition coefficient (Wildman–Crippen LogP) is 4.34. The summed E-state index contributed by atoms with van der Waals surface area (Å²) in [5.74, 6) is 0.210. The molecule has 7 nitrogen and oxygen atoms in total. The van der Waals surface area contributed by atoms with Gasteiger partial charge in [-0.3, -0.25) is 9.47 Å². The first-order chi connectivity index (χ1) is 16.7. The molecule has 10 heteroatoms. The van der Waals surface area contributed by atoms with E-state index in [1.54, 1.807) is 6.20 Å². The van der Waals surface area contributed by atoms with Gasteiger partial charge in [0.15, 0.2) is 5.65 Å². The van der Waals surface area contributed by atoms with Gasteiger partial charge in [0.25, 0.3) is 0 Å². The normalized spacial score (nSPS) is 15.7. The fraction of sp³-hybridized carbons (Fsp3) is 0.280. The molecule has 0 radical (unpaired) electrons. The van der Waals surface area contributed by atoms with Gasteiger partial charge in [-0.25, -0.2) is 22.8 Å². The average Bonchev–Trinajstić information content (AvgIpc) is 3.18. The van der Waals surface area contributed by atoms with Crippen LogP contribution in [0.25, 0.3) is 16.9 Å². The maximum Gasteiger partial charge on any atom is 0.243 e. The Bertz CT molecular complexity index is 1490. The lowest BCUT2D eigenvalue weighted by molar-refractivity contribution is 0.177. The molecule has 0 aliphatic carbocycles. The first-order valence-corrected chi connectivity index (χ1v) is 13.1. The Hall–Kier alpha value is -2.85. The molecule has 2 aromatic heterocycles. The lowest BCUT2D eigenvalue weighted by Gasteiger charge is -2.33. The minimum absolute atomic E-state index is 0.0000317. The number of sulfonamides is 1. The minimum Gasteiger partial charge on any atom is -0.293 e. The number of rotatable bonds is 5. The largest absolute Gasteiger partial charge is 0.293 e. The number of imidazole rings is 1. The Morgan fingerprint density at radius 3 is 2.40 bits per heavy atom. The van der Waals surface area contributed by atoms with Crippen molar-refractivity contribution in [3.63, 3.8) is 0 Å². The number of hydrogen-bond acceptors (Lipinski definition) is 5. The molecular weight excluding hydrogens is 489 g/mol. The number of hydrogen-bond donors (Lipinski definition) is 0. The van der Waals surface area contributed by atoms with Crippen LogP contribution in [0.5, 0.6) is 0 Å². The van der Waals surface area contributed by atoms with Crippen molar-refractivity contribution in [1.82, 2.24) is 23.7 Å². The second-order valence-corrected chi connectivity index (χ2v) is 11.2. The molecule has 1 aliphatic heterocycles. The molecule has 35 heavy (non-hydrogen) atoms. The van der Waals surface area contributed by atoms with Crippen molar-refractivity contribution in [2.45, 2.75) is 25.3 Å². The fourth-order valence-electron chi connectivity index (χ4n) is 4.53. The molecule has 1 aliphatic rings. The van der Waals surface area contributed by atoms with Crippen molar-refractivity contribution in [1.29, 1.82) is 0 Å². The van der Waals surface area contributed by atoms with E-state index in [0.717, 1.165) is 45.9 Å². The molecule has 4 aromatic rings. The number of pyridine rings is 1. The van der Waals surface area contributed by atoms with Gasteiger partial charge in [0, 0.05) is 38.1 Å². The molecule has 0 amide bonds. The molecule has 0 spiro atoms. The van der Waals surface area contributed by atoms with Gasteiger partial charge in [0.05, 0.1) is 16.5 Å². The summed E-state index contributed by atoms with van der Waals surface area (Å²) < 4.78 is 43.1. The molecule has 1 saturated heterocycles. The second kappa shape index (κ2) is 9.31. The third-order valence-electron chi connectivity index (χ3n) is 6.18. The Morgan fingerprint density at radius 2 is 1.71 bits per heavy atom. The molecule has 5 rings (SSSR count). The Labute approximate surface area is 208 Å². The van der Waals surface area contributed by atoms with E-state index in [1.807, 2.05) is 12.1 Å². The third kappa shape index (κ3) is 4.69. The van der Waals surface area contributed by atoms with Crippen LogP contribution in [0, 0.1) is 19.7 Å². The van der Waals surface area contributed by atoms with Crippen LogP contribution in [0.3, 0.4) is 0 Å². The van der Waals surface area contributed by atoms with Crippen molar-refractivity contribution < 1.29 is 12.8 Å². The highest BCUT2D eigenvalue weighted by Gasteiger charge is 2.30. The van der Waals surface area contributed by atoms with Crippen LogP contribution in [-0.2, 0) is 16.6 Å². The van der Waals surface area contributed by atoms with E-state index < -0.39 is 15.8 Å². The van der Waals surface area contributed by atoms with E-state index in [9.17, 15) is 12.8 Å². The summed E-state index contributed by atoms with van der Waals surface area (Å²) in [5.41, 5.74) is 4.93. The predicted molar refractivity (Wildman–Crippen MR) is 134 cm³/mol. The van der Waals surface area contributed by atoms with Gasteiger partial charge in [0.2, 0.25) is 10.0 Å². The maximum absolute atomic E-state index is 13.5. The molecule has 0 bridgehead atoms. The minimum atomic E-state index is -3.75. The maximum atomic E-state index is 13.5. The van der Waals surface area contributed by atoms with Crippen molar-refractivity contribution in [2.75, 3.05) is 26.2 Å². The van der Waals surface area contributed by atoms with Crippen molar-refractivity contribution in [3.05, 3.63) is 82.5 Å². The van der Waals surface area contributed by atoms with Crippen molar-refractivity contribution in [3.8, 4) is 5.69 Å². The van der Waals surface area contributed by atoms with Gasteiger partial charge in [-0.1, -0.05) is 17.7 Å². The first-order valence-electron chi connectivity index (χ1n) is 11.3. The van der Waals surface area contributed by atoms with E-state index in [0.29, 0.717) is 32.7 Å². The second-order valence-electron chi connectivity index (χ2n) is 8.81. The van der Waals surface area contributed by atoms with Crippen LogP contribution in [-0.4, -0.2) is 58.3 Å². The highest BCUT2D eigenvalue weighted by molar-refractivity contribution is 7.89. The SMILES string of the molecule is Cc1cc(C)cc(-n2c(CN3CCN(S(=O)(=O)c4ccc(F)c(Cl)c4)CC3)nc3cccnc32)c1. The summed E-state index contributed by atoms with van der Waals surface area (Å²) in [6, 6.07) is 13.7. The Balaban J connectivity index is 1.38. The third-order valence-corrected chi connectivity index (χ3v) is 8.36. The van der Waals surface area contributed by atoms with Gasteiger partial charge in [-0.15, -0.1) is 0 Å². The van der Waals surface area contributed by atoms with Crippen LogP contribution >= 0.6 is 11.6 Å². The van der Waals surface area contributed by atoms with E-state index in [-0.39, 0.29) is 9.92 Å². The monoisotopic (exact) mass is 513 g/mol. The summed E-state index contributed by atoms with van der Waals surface area (Å²) in [5, 5.41) is -0.205. The lowest BCUT2D eigenvalue weighted by Crippen LogP contribution is -2.48. The quantitative estimate of drug-likeness (QED) is 0.397. The number of piperazine rings is 1. The van der Waals surface area contributed by atoms with Crippen molar-refractivity contribution >= 4 is 32.8 Å². The van der Waals surface area contributed by atoms with Gasteiger partial charge in [-0.2, -0.15) is 4.31 Å². The van der Waals surface area contributed by atoms with Crippen LogP contribution < -0.4 is 0 Å². The molecule has 0 saturated carbocycles. The molecule has 1 fully saturated rings. The number of aromatic nitrogens is 3. The van der Waals surface area contributed by atoms with E-state index >= 15 is 0 Å². The zero-order valence-corrected chi connectivity index (χ0v) is 21.0. The first kappa shape index (κ1) is 23.9. The highest BCUT2D eigenvalue weighted by Crippen LogP contribution is 2.25. The van der Waals surface area contributed by atoms with E-state index in [1.165, 1.54) is 10.4 Å². The standard InChI is InChI=1S/C25H25ClFN5O2S/c1-17-12-18(2)14-19(13-17)32-24(29-23-4-3-7-28-25(23)32)16-30-8-10-31(11-9-30)35(33,34)20-5-6-22(27)21(26)15-20/h3-7,12-15H,8-11,16H2,1-2H3. The number of halogens is 2. The fourth-order valence-corrected chi connectivity index (χ4v) is 6.22. The van der Waals surface area contributed by atoms with Gasteiger partial charge in [0.1, 0.15) is 17.2 Å². The van der Waals surface area contributed by atoms with Crippen molar-refractivity contribution in [2.24, 2.45) is 0 Å². The van der Waals surface area contributed by atoms with Crippen LogP contribution in [0.1, 0.15) is 17.0 Å². The smallest absolute Gasteiger partial charge is 0.243 e. The average molecular weight is 514 g/mol. The van der Waals surface area contributed by atoms with E-state index in [4.69, 9.17) is 16.6 Å². The lowest BCUT2D eigenvalue weighted by atomic mass is 10.1. The summed E-state index contributed by atoms with van der Waals surface area (Å²) in [6.07, 6.45) is 1.76. The topological polar surface area (TPSA) is 71.3 Å².